The predicted molar refractivity (Wildman–Crippen MR) is 95.7 cm³/mol. The van der Waals surface area contributed by atoms with Crippen molar-refractivity contribution < 1.29 is 14.3 Å². The summed E-state index contributed by atoms with van der Waals surface area (Å²) in [6, 6.07) is 9.60. The van der Waals surface area contributed by atoms with E-state index in [0.717, 1.165) is 35.5 Å². The Labute approximate surface area is 151 Å². The number of rotatable bonds is 5. The maximum absolute atomic E-state index is 11.7. The minimum Gasteiger partial charge on any atom is -0.465 e. The first-order chi connectivity index (χ1) is 12.8. The lowest BCUT2D eigenvalue weighted by atomic mass is 10.2. The van der Waals surface area contributed by atoms with Gasteiger partial charge in [-0.25, -0.2) is 9.78 Å². The second-order valence-electron chi connectivity index (χ2n) is 6.25. The topological polar surface area (TPSA) is 78.3 Å². The molecule has 1 aliphatic rings. The van der Waals surface area contributed by atoms with Crippen molar-refractivity contribution in [3.05, 3.63) is 59.7 Å². The zero-order chi connectivity index (χ0) is 17.9. The molecule has 26 heavy (non-hydrogen) atoms. The highest BCUT2D eigenvalue weighted by Crippen LogP contribution is 2.26. The molecule has 0 aliphatic carbocycles. The summed E-state index contributed by atoms with van der Waals surface area (Å²) in [6.07, 6.45) is 3.63. The molecule has 2 aromatic heterocycles. The Morgan fingerprint density at radius 3 is 3.15 bits per heavy atom. The number of nitrogens with zero attached hydrogens (tertiary/aromatic N) is 3. The fraction of sp³-hybridized carbons (Fsp3) is 0.316. The number of carbonyl (C=O) groups is 1. The van der Waals surface area contributed by atoms with Gasteiger partial charge in [0.05, 0.1) is 36.4 Å². The SMILES string of the molecule is COC(=O)c1ccc2c(c1)nc1n2C(CNCc2cccnc2)COC1. The largest absolute Gasteiger partial charge is 0.465 e. The van der Waals surface area contributed by atoms with Crippen LogP contribution in [0.3, 0.4) is 0 Å². The summed E-state index contributed by atoms with van der Waals surface area (Å²) in [5.41, 5.74) is 3.43. The van der Waals surface area contributed by atoms with Crippen molar-refractivity contribution in [3.8, 4) is 0 Å². The molecule has 4 rings (SSSR count). The maximum Gasteiger partial charge on any atom is 0.337 e. The molecule has 1 aromatic carbocycles. The molecular weight excluding hydrogens is 332 g/mol. The van der Waals surface area contributed by atoms with Crippen LogP contribution in [0.2, 0.25) is 0 Å². The van der Waals surface area contributed by atoms with E-state index in [-0.39, 0.29) is 12.0 Å². The first kappa shape index (κ1) is 16.7. The van der Waals surface area contributed by atoms with E-state index in [4.69, 9.17) is 9.47 Å². The first-order valence-corrected chi connectivity index (χ1v) is 8.53. The van der Waals surface area contributed by atoms with Gasteiger partial charge in [-0.1, -0.05) is 6.07 Å². The second kappa shape index (κ2) is 7.23. The normalized spacial score (nSPS) is 16.4. The van der Waals surface area contributed by atoms with E-state index in [1.54, 1.807) is 18.3 Å². The van der Waals surface area contributed by atoms with Crippen LogP contribution in [0, 0.1) is 0 Å². The number of ether oxygens (including phenoxy) is 2. The van der Waals surface area contributed by atoms with Gasteiger partial charge in [0.1, 0.15) is 12.4 Å². The summed E-state index contributed by atoms with van der Waals surface area (Å²) in [5, 5.41) is 3.46. The Morgan fingerprint density at radius 2 is 2.35 bits per heavy atom. The van der Waals surface area contributed by atoms with Crippen LogP contribution < -0.4 is 5.32 Å². The third-order valence-electron chi connectivity index (χ3n) is 4.52. The van der Waals surface area contributed by atoms with Crippen LogP contribution in [0.1, 0.15) is 27.8 Å². The van der Waals surface area contributed by atoms with E-state index < -0.39 is 0 Å². The molecule has 0 radical (unpaired) electrons. The standard InChI is InChI=1S/C19H20N4O3/c1-25-19(24)14-4-5-17-16(7-14)22-18-12-26-11-15(23(17)18)10-21-9-13-3-2-6-20-8-13/h2-8,15,21H,9-12H2,1H3. The van der Waals surface area contributed by atoms with E-state index in [1.165, 1.54) is 7.11 Å². The molecule has 7 heteroatoms. The minimum absolute atomic E-state index is 0.143. The van der Waals surface area contributed by atoms with E-state index in [0.29, 0.717) is 18.8 Å². The molecule has 1 N–H and O–H groups in total. The average Bonchev–Trinajstić information content (AvgIpc) is 3.06. The highest BCUT2D eigenvalue weighted by Gasteiger charge is 2.24. The zero-order valence-corrected chi connectivity index (χ0v) is 14.5. The number of aromatic nitrogens is 3. The fourth-order valence-electron chi connectivity index (χ4n) is 3.30. The lowest BCUT2D eigenvalue weighted by Crippen LogP contribution is -2.32. The fourth-order valence-corrected chi connectivity index (χ4v) is 3.30. The molecule has 7 nitrogen and oxygen atoms in total. The van der Waals surface area contributed by atoms with Gasteiger partial charge in [0.15, 0.2) is 0 Å². The number of hydrogen-bond acceptors (Lipinski definition) is 6. The number of carbonyl (C=O) groups excluding carboxylic acids is 1. The lowest BCUT2D eigenvalue weighted by molar-refractivity contribution is 0.0564. The quantitative estimate of drug-likeness (QED) is 0.709. The van der Waals surface area contributed by atoms with Crippen LogP contribution >= 0.6 is 0 Å². The number of imidazole rings is 1. The van der Waals surface area contributed by atoms with Gasteiger partial charge in [0.2, 0.25) is 0 Å². The molecule has 0 fully saturated rings. The molecule has 1 atom stereocenters. The van der Waals surface area contributed by atoms with Gasteiger partial charge in [-0.3, -0.25) is 4.98 Å². The lowest BCUT2D eigenvalue weighted by Gasteiger charge is -2.26. The first-order valence-electron chi connectivity index (χ1n) is 8.53. The third kappa shape index (κ3) is 3.18. The summed E-state index contributed by atoms with van der Waals surface area (Å²) >= 11 is 0. The monoisotopic (exact) mass is 352 g/mol. The maximum atomic E-state index is 11.7. The molecule has 0 amide bonds. The van der Waals surface area contributed by atoms with Crippen LogP contribution in [0.4, 0.5) is 0 Å². The Bertz CT molecular complexity index is 923. The molecule has 3 heterocycles. The number of nitrogens with one attached hydrogen (secondary N) is 1. The number of pyridine rings is 1. The number of hydrogen-bond donors (Lipinski definition) is 1. The predicted octanol–water partition coefficient (Wildman–Crippen LogP) is 2.08. The van der Waals surface area contributed by atoms with Gasteiger partial charge in [-0.15, -0.1) is 0 Å². The minimum atomic E-state index is -0.358. The van der Waals surface area contributed by atoms with Crippen LogP contribution in [-0.2, 0) is 22.6 Å². The molecule has 1 unspecified atom stereocenters. The summed E-state index contributed by atoms with van der Waals surface area (Å²) in [7, 11) is 1.38. The van der Waals surface area contributed by atoms with Crippen molar-refractivity contribution in [1.29, 1.82) is 0 Å². The van der Waals surface area contributed by atoms with Crippen LogP contribution in [0.15, 0.2) is 42.7 Å². The van der Waals surface area contributed by atoms with Crippen LogP contribution in [0.25, 0.3) is 11.0 Å². The van der Waals surface area contributed by atoms with Crippen molar-refractivity contribution in [2.45, 2.75) is 19.2 Å². The van der Waals surface area contributed by atoms with E-state index >= 15 is 0 Å². The number of esters is 1. The Hall–Kier alpha value is -2.77. The van der Waals surface area contributed by atoms with Gasteiger partial charge < -0.3 is 19.4 Å². The van der Waals surface area contributed by atoms with Gasteiger partial charge in [-0.2, -0.15) is 0 Å². The van der Waals surface area contributed by atoms with E-state index in [9.17, 15) is 4.79 Å². The van der Waals surface area contributed by atoms with Crippen molar-refractivity contribution in [2.75, 3.05) is 20.3 Å². The summed E-state index contributed by atoms with van der Waals surface area (Å²) < 4.78 is 12.7. The zero-order valence-electron chi connectivity index (χ0n) is 14.5. The molecule has 0 spiro atoms. The summed E-state index contributed by atoms with van der Waals surface area (Å²) in [5.74, 6) is 0.519. The van der Waals surface area contributed by atoms with E-state index in [2.05, 4.69) is 19.9 Å². The van der Waals surface area contributed by atoms with Crippen molar-refractivity contribution in [3.63, 3.8) is 0 Å². The number of fused-ring (bicyclic) bond motifs is 3. The molecule has 134 valence electrons. The third-order valence-corrected chi connectivity index (χ3v) is 4.52. The van der Waals surface area contributed by atoms with Gasteiger partial charge in [0, 0.05) is 25.5 Å². The Kier molecular flexibility index (Phi) is 4.64. The Balaban J connectivity index is 1.55. The average molecular weight is 352 g/mol. The summed E-state index contributed by atoms with van der Waals surface area (Å²) in [4.78, 5) is 20.5. The molecule has 0 saturated carbocycles. The molecule has 0 bridgehead atoms. The molecule has 1 aliphatic heterocycles. The molecule has 0 saturated heterocycles. The van der Waals surface area contributed by atoms with Gasteiger partial charge >= 0.3 is 5.97 Å². The second-order valence-corrected chi connectivity index (χ2v) is 6.25. The van der Waals surface area contributed by atoms with Crippen molar-refractivity contribution in [2.24, 2.45) is 0 Å². The highest BCUT2D eigenvalue weighted by atomic mass is 16.5. The van der Waals surface area contributed by atoms with E-state index in [1.807, 2.05) is 24.4 Å². The van der Waals surface area contributed by atoms with Crippen LogP contribution in [-0.4, -0.2) is 40.8 Å². The van der Waals surface area contributed by atoms with Gasteiger partial charge in [-0.05, 0) is 29.8 Å². The van der Waals surface area contributed by atoms with Crippen molar-refractivity contribution >= 4 is 17.0 Å². The smallest absolute Gasteiger partial charge is 0.337 e. The molecule has 3 aromatic rings. The van der Waals surface area contributed by atoms with Gasteiger partial charge in [0.25, 0.3) is 0 Å². The van der Waals surface area contributed by atoms with Crippen molar-refractivity contribution in [1.82, 2.24) is 19.9 Å². The highest BCUT2D eigenvalue weighted by molar-refractivity contribution is 5.93. The van der Waals surface area contributed by atoms with Crippen LogP contribution in [0.5, 0.6) is 0 Å². The Morgan fingerprint density at radius 1 is 1.42 bits per heavy atom. The number of methoxy groups -OCH3 is 1. The number of benzene rings is 1. The summed E-state index contributed by atoms with van der Waals surface area (Å²) in [6.45, 7) is 2.60. The molecular formula is C19H20N4O3.